The molecule has 1 aliphatic rings. The summed E-state index contributed by atoms with van der Waals surface area (Å²) < 4.78 is 7.00. The van der Waals surface area contributed by atoms with Crippen molar-refractivity contribution < 1.29 is 14.3 Å². The maximum atomic E-state index is 12.8. The van der Waals surface area contributed by atoms with Gasteiger partial charge in [0, 0.05) is 37.1 Å². The van der Waals surface area contributed by atoms with Crippen LogP contribution in [0.5, 0.6) is 0 Å². The summed E-state index contributed by atoms with van der Waals surface area (Å²) >= 11 is 0. The molecule has 2 heterocycles. The Morgan fingerprint density at radius 2 is 1.59 bits per heavy atom. The van der Waals surface area contributed by atoms with E-state index in [-0.39, 0.29) is 23.5 Å². The average Bonchev–Trinajstić information content (AvgIpc) is 2.82. The standard InChI is InChI=1S/C25H29N5O4/c1-4-30-25(33)21-8-6-5-7-20(21)22(28-30)24(32)27-26-23(31)19-11-9-18(10-12-19)15-29-13-16(2)34-17(3)14-29/h5-12,16-17H,4,13-15H2,1-3H3,(H,26,31)(H,27,32). The Balaban J connectivity index is 1.41. The summed E-state index contributed by atoms with van der Waals surface area (Å²) in [5, 5.41) is 5.00. The molecule has 34 heavy (non-hydrogen) atoms. The number of ether oxygens (including phenoxy) is 1. The monoisotopic (exact) mass is 463 g/mol. The lowest BCUT2D eigenvalue weighted by molar-refractivity contribution is -0.0704. The van der Waals surface area contributed by atoms with Crippen LogP contribution in [0.15, 0.2) is 53.3 Å². The third-order valence-electron chi connectivity index (χ3n) is 5.79. The Bertz CT molecular complexity index is 1240. The van der Waals surface area contributed by atoms with Crippen molar-refractivity contribution in [2.24, 2.45) is 0 Å². The number of morpholine rings is 1. The minimum atomic E-state index is -0.598. The first-order valence-electron chi connectivity index (χ1n) is 11.4. The van der Waals surface area contributed by atoms with Crippen molar-refractivity contribution in [2.75, 3.05) is 13.1 Å². The van der Waals surface area contributed by atoms with E-state index in [0.29, 0.717) is 22.9 Å². The van der Waals surface area contributed by atoms with Crippen molar-refractivity contribution >= 4 is 22.6 Å². The lowest BCUT2D eigenvalue weighted by Crippen LogP contribution is -2.44. The van der Waals surface area contributed by atoms with Crippen LogP contribution in [-0.4, -0.2) is 51.8 Å². The summed E-state index contributed by atoms with van der Waals surface area (Å²) in [6.45, 7) is 8.75. The van der Waals surface area contributed by atoms with Crippen molar-refractivity contribution in [1.29, 1.82) is 0 Å². The van der Waals surface area contributed by atoms with Crippen molar-refractivity contribution in [3.05, 3.63) is 75.7 Å². The van der Waals surface area contributed by atoms with Gasteiger partial charge in [0.05, 0.1) is 17.6 Å². The highest BCUT2D eigenvalue weighted by Crippen LogP contribution is 2.15. The van der Waals surface area contributed by atoms with E-state index < -0.39 is 11.8 Å². The van der Waals surface area contributed by atoms with Gasteiger partial charge in [-0.2, -0.15) is 5.10 Å². The second kappa shape index (κ2) is 10.1. The predicted molar refractivity (Wildman–Crippen MR) is 128 cm³/mol. The van der Waals surface area contributed by atoms with E-state index in [0.717, 1.165) is 25.2 Å². The summed E-state index contributed by atoms with van der Waals surface area (Å²) in [6.07, 6.45) is 0.390. The second-order valence-corrected chi connectivity index (χ2v) is 8.57. The van der Waals surface area contributed by atoms with Crippen LogP contribution in [0.1, 0.15) is 47.2 Å². The highest BCUT2D eigenvalue weighted by atomic mass is 16.5. The van der Waals surface area contributed by atoms with E-state index in [4.69, 9.17) is 4.74 Å². The van der Waals surface area contributed by atoms with Crippen LogP contribution in [0.3, 0.4) is 0 Å². The van der Waals surface area contributed by atoms with E-state index in [1.165, 1.54) is 4.68 Å². The molecule has 0 aliphatic carbocycles. The minimum absolute atomic E-state index is 0.0710. The van der Waals surface area contributed by atoms with Crippen molar-refractivity contribution in [2.45, 2.75) is 46.1 Å². The molecule has 1 aromatic heterocycles. The smallest absolute Gasteiger partial charge is 0.290 e. The first kappa shape index (κ1) is 23.6. The number of amides is 2. The predicted octanol–water partition coefficient (Wildman–Crippen LogP) is 2.10. The number of aryl methyl sites for hydroxylation is 1. The van der Waals surface area contributed by atoms with Gasteiger partial charge >= 0.3 is 0 Å². The summed E-state index contributed by atoms with van der Waals surface area (Å²) in [5.41, 5.74) is 6.17. The van der Waals surface area contributed by atoms with Gasteiger partial charge in [0.2, 0.25) is 0 Å². The molecule has 4 rings (SSSR count). The average molecular weight is 464 g/mol. The highest BCUT2D eigenvalue weighted by Gasteiger charge is 2.22. The number of hydrazine groups is 1. The summed E-state index contributed by atoms with van der Waals surface area (Å²) in [5.74, 6) is -1.04. The molecule has 2 atom stereocenters. The number of carbonyl (C=O) groups excluding carboxylic acids is 2. The lowest BCUT2D eigenvalue weighted by atomic mass is 10.1. The Labute approximate surface area is 197 Å². The molecule has 0 radical (unpaired) electrons. The zero-order chi connectivity index (χ0) is 24.2. The quantitative estimate of drug-likeness (QED) is 0.562. The SMILES string of the molecule is CCn1nc(C(=O)NNC(=O)c2ccc(CN3CC(C)OC(C)C3)cc2)c2ccccc2c1=O. The number of nitrogens with one attached hydrogen (secondary N) is 2. The van der Waals surface area contributed by atoms with Gasteiger partial charge in [-0.15, -0.1) is 0 Å². The fourth-order valence-electron chi connectivity index (χ4n) is 4.30. The number of aromatic nitrogens is 2. The molecule has 0 bridgehead atoms. The molecule has 1 saturated heterocycles. The third kappa shape index (κ3) is 5.16. The number of fused-ring (bicyclic) bond motifs is 1. The molecule has 2 N–H and O–H groups in total. The van der Waals surface area contributed by atoms with E-state index in [1.54, 1.807) is 43.3 Å². The van der Waals surface area contributed by atoms with Crippen LogP contribution in [0.4, 0.5) is 0 Å². The Kier molecular flexibility index (Phi) is 7.04. The van der Waals surface area contributed by atoms with Gasteiger partial charge in [0.1, 0.15) is 0 Å². The van der Waals surface area contributed by atoms with Gasteiger partial charge in [-0.25, -0.2) is 4.68 Å². The second-order valence-electron chi connectivity index (χ2n) is 8.57. The molecular weight excluding hydrogens is 434 g/mol. The first-order chi connectivity index (χ1) is 16.4. The topological polar surface area (TPSA) is 106 Å². The summed E-state index contributed by atoms with van der Waals surface area (Å²) in [7, 11) is 0. The lowest BCUT2D eigenvalue weighted by Gasteiger charge is -2.35. The third-order valence-corrected chi connectivity index (χ3v) is 5.79. The Morgan fingerprint density at radius 3 is 2.24 bits per heavy atom. The number of rotatable bonds is 5. The number of carbonyl (C=O) groups is 2. The van der Waals surface area contributed by atoms with E-state index in [1.807, 2.05) is 12.1 Å². The number of hydrogen-bond donors (Lipinski definition) is 2. The summed E-state index contributed by atoms with van der Waals surface area (Å²) in [4.78, 5) is 40.2. The molecule has 9 nitrogen and oxygen atoms in total. The molecular formula is C25H29N5O4. The van der Waals surface area contributed by atoms with Gasteiger partial charge in [0.25, 0.3) is 17.4 Å². The molecule has 178 valence electrons. The van der Waals surface area contributed by atoms with E-state index >= 15 is 0 Å². The van der Waals surface area contributed by atoms with Crippen LogP contribution in [0.2, 0.25) is 0 Å². The van der Waals surface area contributed by atoms with Gasteiger partial charge in [-0.1, -0.05) is 30.3 Å². The first-order valence-corrected chi connectivity index (χ1v) is 11.4. The minimum Gasteiger partial charge on any atom is -0.373 e. The highest BCUT2D eigenvalue weighted by molar-refractivity contribution is 6.06. The van der Waals surface area contributed by atoms with Crippen molar-refractivity contribution in [1.82, 2.24) is 25.5 Å². The molecule has 1 aliphatic heterocycles. The van der Waals surface area contributed by atoms with Crippen LogP contribution in [0, 0.1) is 0 Å². The zero-order valence-corrected chi connectivity index (χ0v) is 19.6. The number of nitrogens with zero attached hydrogens (tertiary/aromatic N) is 3. The van der Waals surface area contributed by atoms with E-state index in [2.05, 4.69) is 34.7 Å². The van der Waals surface area contributed by atoms with Crippen LogP contribution < -0.4 is 16.4 Å². The van der Waals surface area contributed by atoms with Crippen LogP contribution in [-0.2, 0) is 17.8 Å². The van der Waals surface area contributed by atoms with Crippen molar-refractivity contribution in [3.63, 3.8) is 0 Å². The van der Waals surface area contributed by atoms with E-state index in [9.17, 15) is 14.4 Å². The van der Waals surface area contributed by atoms with Gasteiger partial charge < -0.3 is 4.74 Å². The summed E-state index contributed by atoms with van der Waals surface area (Å²) in [6, 6.07) is 14.1. The van der Waals surface area contributed by atoms with Gasteiger partial charge in [-0.05, 0) is 44.5 Å². The van der Waals surface area contributed by atoms with Gasteiger partial charge in [-0.3, -0.25) is 30.1 Å². The Hall–Kier alpha value is -3.56. The van der Waals surface area contributed by atoms with Crippen LogP contribution >= 0.6 is 0 Å². The maximum absolute atomic E-state index is 12.8. The molecule has 2 unspecified atom stereocenters. The zero-order valence-electron chi connectivity index (χ0n) is 19.6. The fraction of sp³-hybridized carbons (Fsp3) is 0.360. The molecule has 9 heteroatoms. The molecule has 2 aromatic carbocycles. The largest absolute Gasteiger partial charge is 0.373 e. The van der Waals surface area contributed by atoms with Crippen molar-refractivity contribution in [3.8, 4) is 0 Å². The molecule has 0 spiro atoms. The Morgan fingerprint density at radius 1 is 0.971 bits per heavy atom. The fourth-order valence-corrected chi connectivity index (χ4v) is 4.30. The van der Waals surface area contributed by atoms with Gasteiger partial charge in [0.15, 0.2) is 5.69 Å². The molecule has 0 saturated carbocycles. The number of hydrogen-bond acceptors (Lipinski definition) is 6. The maximum Gasteiger partial charge on any atom is 0.290 e. The number of benzene rings is 2. The normalized spacial score (nSPS) is 18.6. The molecule has 3 aromatic rings. The molecule has 2 amide bonds. The van der Waals surface area contributed by atoms with Crippen LogP contribution in [0.25, 0.3) is 10.8 Å². The molecule has 1 fully saturated rings.